The first-order valence-corrected chi connectivity index (χ1v) is 7.10. The zero-order chi connectivity index (χ0) is 16.1. The number of carboxylic acid groups (broad SMARTS) is 1. The van der Waals surface area contributed by atoms with Gasteiger partial charge >= 0.3 is 5.97 Å². The van der Waals surface area contributed by atoms with E-state index in [2.05, 4.69) is 0 Å². The largest absolute Gasteiger partial charge is 0.493 e. The molecular weight excluding hydrogens is 280 g/mol. The zero-order valence-electron chi connectivity index (χ0n) is 13.0. The van der Waals surface area contributed by atoms with Crippen LogP contribution in [0, 0.1) is 13.8 Å². The van der Waals surface area contributed by atoms with Crippen LogP contribution >= 0.6 is 0 Å². The van der Waals surface area contributed by atoms with E-state index < -0.39 is 12.1 Å². The molecule has 0 spiro atoms. The van der Waals surface area contributed by atoms with Gasteiger partial charge in [-0.3, -0.25) is 0 Å². The normalized spacial score (nSPS) is 11.8. The molecule has 4 nitrogen and oxygen atoms in total. The van der Waals surface area contributed by atoms with Crippen molar-refractivity contribution in [3.8, 4) is 11.5 Å². The van der Waals surface area contributed by atoms with E-state index in [1.54, 1.807) is 18.2 Å². The molecule has 2 rings (SSSR count). The van der Waals surface area contributed by atoms with E-state index in [0.717, 1.165) is 16.7 Å². The fraction of sp³-hybridized carbons (Fsp3) is 0.278. The summed E-state index contributed by atoms with van der Waals surface area (Å²) in [6.45, 7) is 4.00. The molecule has 4 heteroatoms. The van der Waals surface area contributed by atoms with Gasteiger partial charge in [0.15, 0.2) is 17.6 Å². The highest BCUT2D eigenvalue weighted by Crippen LogP contribution is 2.28. The van der Waals surface area contributed by atoms with Gasteiger partial charge in [0.05, 0.1) is 7.11 Å². The average Bonchev–Trinajstić information content (AvgIpc) is 2.51. The van der Waals surface area contributed by atoms with E-state index in [0.29, 0.717) is 17.9 Å². The summed E-state index contributed by atoms with van der Waals surface area (Å²) in [4.78, 5) is 11.5. The van der Waals surface area contributed by atoms with Crippen LogP contribution < -0.4 is 9.47 Å². The molecule has 1 N–H and O–H groups in total. The molecule has 0 aromatic heterocycles. The predicted octanol–water partition coefficient (Wildman–Crippen LogP) is 3.39. The van der Waals surface area contributed by atoms with Gasteiger partial charge in [0.1, 0.15) is 0 Å². The summed E-state index contributed by atoms with van der Waals surface area (Å²) < 4.78 is 10.9. The lowest BCUT2D eigenvalue weighted by Crippen LogP contribution is -2.29. The zero-order valence-corrected chi connectivity index (χ0v) is 13.0. The van der Waals surface area contributed by atoms with Crippen LogP contribution in [0.1, 0.15) is 16.7 Å². The fourth-order valence-electron chi connectivity index (χ4n) is 2.28. The van der Waals surface area contributed by atoms with Gasteiger partial charge in [0, 0.05) is 6.42 Å². The van der Waals surface area contributed by atoms with Crippen molar-refractivity contribution in [3.05, 3.63) is 59.2 Å². The van der Waals surface area contributed by atoms with Crippen LogP contribution in [-0.2, 0) is 11.2 Å². The molecule has 0 heterocycles. The van der Waals surface area contributed by atoms with Gasteiger partial charge in [-0.1, -0.05) is 30.3 Å². The van der Waals surface area contributed by atoms with Crippen molar-refractivity contribution in [1.29, 1.82) is 0 Å². The highest BCUT2D eigenvalue weighted by atomic mass is 16.5. The third kappa shape index (κ3) is 3.58. The van der Waals surface area contributed by atoms with Gasteiger partial charge in [-0.25, -0.2) is 4.79 Å². The quantitative estimate of drug-likeness (QED) is 0.888. The molecule has 22 heavy (non-hydrogen) atoms. The highest BCUT2D eigenvalue weighted by molar-refractivity contribution is 5.73. The highest BCUT2D eigenvalue weighted by Gasteiger charge is 2.22. The maximum atomic E-state index is 11.5. The smallest absolute Gasteiger partial charge is 0.345 e. The summed E-state index contributed by atoms with van der Waals surface area (Å²) in [5.74, 6) is -0.0377. The number of aryl methyl sites for hydroxylation is 1. The molecule has 1 atom stereocenters. The summed E-state index contributed by atoms with van der Waals surface area (Å²) in [6, 6.07) is 12.9. The van der Waals surface area contributed by atoms with Crippen LogP contribution in [-0.4, -0.2) is 24.3 Å². The molecule has 0 fully saturated rings. The Hall–Kier alpha value is -2.49. The van der Waals surface area contributed by atoms with Gasteiger partial charge in [0.2, 0.25) is 0 Å². The number of aliphatic carboxylic acids is 1. The Kier molecular flexibility index (Phi) is 5.04. The summed E-state index contributed by atoms with van der Waals surface area (Å²) in [5.41, 5.74) is 3.21. The molecule has 0 saturated heterocycles. The molecule has 2 aromatic rings. The van der Waals surface area contributed by atoms with Crippen molar-refractivity contribution < 1.29 is 19.4 Å². The molecular formula is C18H20O4. The molecule has 0 radical (unpaired) electrons. The Labute approximate surface area is 130 Å². The number of carbonyl (C=O) groups is 1. The predicted molar refractivity (Wildman–Crippen MR) is 84.7 cm³/mol. The molecule has 0 amide bonds. The molecule has 2 aromatic carbocycles. The van der Waals surface area contributed by atoms with Crippen LogP contribution in [0.2, 0.25) is 0 Å². The Morgan fingerprint density at radius 2 is 1.77 bits per heavy atom. The summed E-state index contributed by atoms with van der Waals surface area (Å²) in [6.07, 6.45) is -0.655. The maximum Gasteiger partial charge on any atom is 0.345 e. The molecule has 0 aliphatic heterocycles. The third-order valence-corrected chi connectivity index (χ3v) is 3.74. The lowest BCUT2D eigenvalue weighted by molar-refractivity contribution is -0.145. The van der Waals surface area contributed by atoms with Crippen molar-refractivity contribution in [2.45, 2.75) is 26.4 Å². The van der Waals surface area contributed by atoms with E-state index in [9.17, 15) is 9.90 Å². The number of carboxylic acids is 1. The van der Waals surface area contributed by atoms with Gasteiger partial charge in [-0.2, -0.15) is 0 Å². The Morgan fingerprint density at radius 3 is 2.41 bits per heavy atom. The van der Waals surface area contributed by atoms with Crippen molar-refractivity contribution in [2.24, 2.45) is 0 Å². The number of hydrogen-bond acceptors (Lipinski definition) is 3. The van der Waals surface area contributed by atoms with Crippen molar-refractivity contribution in [3.63, 3.8) is 0 Å². The molecule has 0 aliphatic carbocycles. The number of benzene rings is 2. The second-order valence-corrected chi connectivity index (χ2v) is 5.16. The number of ether oxygens (including phenoxy) is 2. The van der Waals surface area contributed by atoms with Gasteiger partial charge in [-0.15, -0.1) is 0 Å². The third-order valence-electron chi connectivity index (χ3n) is 3.74. The second-order valence-electron chi connectivity index (χ2n) is 5.16. The van der Waals surface area contributed by atoms with Crippen molar-refractivity contribution in [2.75, 3.05) is 7.11 Å². The average molecular weight is 300 g/mol. The molecule has 116 valence electrons. The molecule has 1 unspecified atom stereocenters. The monoisotopic (exact) mass is 300 g/mol. The summed E-state index contributed by atoms with van der Waals surface area (Å²) in [7, 11) is 1.53. The lowest BCUT2D eigenvalue weighted by atomic mass is 9.98. The molecule has 0 bridgehead atoms. The second kappa shape index (κ2) is 6.98. The first-order valence-electron chi connectivity index (χ1n) is 7.10. The fourth-order valence-corrected chi connectivity index (χ4v) is 2.28. The van der Waals surface area contributed by atoms with Crippen LogP contribution in [0.25, 0.3) is 0 Å². The van der Waals surface area contributed by atoms with Crippen molar-refractivity contribution in [1.82, 2.24) is 0 Å². The van der Waals surface area contributed by atoms with Crippen molar-refractivity contribution >= 4 is 5.97 Å². The number of hydrogen-bond donors (Lipinski definition) is 1. The Morgan fingerprint density at radius 1 is 1.09 bits per heavy atom. The number of rotatable bonds is 6. The molecule has 0 aliphatic rings. The van der Waals surface area contributed by atoms with Gasteiger partial charge in [-0.05, 0) is 42.7 Å². The number of methoxy groups -OCH3 is 1. The Bertz CT molecular complexity index is 664. The Balaban J connectivity index is 2.24. The van der Waals surface area contributed by atoms with E-state index in [1.807, 2.05) is 38.1 Å². The standard InChI is InChI=1S/C18H20O4/c1-12-7-6-8-14(13(12)2)11-17(18(19)20)22-16-10-5-4-9-15(16)21-3/h4-10,17H,11H2,1-3H3,(H,19,20). The first kappa shape index (κ1) is 15.9. The minimum absolute atomic E-state index is 0.306. The summed E-state index contributed by atoms with van der Waals surface area (Å²) in [5, 5.41) is 9.45. The van der Waals surface area contributed by atoms with Gasteiger partial charge < -0.3 is 14.6 Å². The van der Waals surface area contributed by atoms with Crippen LogP contribution in [0.15, 0.2) is 42.5 Å². The van der Waals surface area contributed by atoms with Gasteiger partial charge in [0.25, 0.3) is 0 Å². The maximum absolute atomic E-state index is 11.5. The summed E-state index contributed by atoms with van der Waals surface area (Å²) >= 11 is 0. The van der Waals surface area contributed by atoms with E-state index >= 15 is 0 Å². The van der Waals surface area contributed by atoms with Crippen LogP contribution in [0.5, 0.6) is 11.5 Å². The number of para-hydroxylation sites is 2. The minimum Gasteiger partial charge on any atom is -0.493 e. The van der Waals surface area contributed by atoms with E-state index in [4.69, 9.17) is 9.47 Å². The van der Waals surface area contributed by atoms with E-state index in [1.165, 1.54) is 7.11 Å². The van der Waals surface area contributed by atoms with Crippen LogP contribution in [0.4, 0.5) is 0 Å². The molecule has 0 saturated carbocycles. The van der Waals surface area contributed by atoms with Crippen LogP contribution in [0.3, 0.4) is 0 Å². The SMILES string of the molecule is COc1ccccc1OC(Cc1cccc(C)c1C)C(=O)O. The van der Waals surface area contributed by atoms with E-state index in [-0.39, 0.29) is 0 Å². The first-order chi connectivity index (χ1) is 10.5. The topological polar surface area (TPSA) is 55.8 Å². The lowest BCUT2D eigenvalue weighted by Gasteiger charge is -2.18. The minimum atomic E-state index is -0.994.